The van der Waals surface area contributed by atoms with Gasteiger partial charge in [-0.1, -0.05) is 11.6 Å². The molecule has 5 rings (SSSR count). The highest BCUT2D eigenvalue weighted by Gasteiger charge is 2.31. The predicted molar refractivity (Wildman–Crippen MR) is 137 cm³/mol. The molecule has 1 aromatic heterocycles. The zero-order valence-corrected chi connectivity index (χ0v) is 20.9. The molecule has 3 aromatic rings. The molecule has 1 atom stereocenters. The monoisotopic (exact) mass is 513 g/mol. The van der Waals surface area contributed by atoms with Crippen LogP contribution in [0.1, 0.15) is 25.7 Å². The van der Waals surface area contributed by atoms with E-state index in [9.17, 15) is 9.18 Å². The molecule has 1 amide bonds. The van der Waals surface area contributed by atoms with Crippen molar-refractivity contribution in [1.82, 2.24) is 19.8 Å². The van der Waals surface area contributed by atoms with E-state index in [0.717, 1.165) is 45.3 Å². The van der Waals surface area contributed by atoms with Crippen LogP contribution >= 0.6 is 11.6 Å². The zero-order chi connectivity index (χ0) is 25.1. The fraction of sp³-hybridized carbons (Fsp3) is 0.423. The maximum Gasteiger partial charge on any atom is 0.237 e. The van der Waals surface area contributed by atoms with Crippen molar-refractivity contribution in [2.24, 2.45) is 0 Å². The first kappa shape index (κ1) is 24.5. The molecule has 2 aromatic carbocycles. The molecule has 3 heterocycles. The van der Waals surface area contributed by atoms with Crippen molar-refractivity contribution in [3.8, 4) is 11.5 Å². The van der Waals surface area contributed by atoms with Crippen LogP contribution < -0.4 is 14.8 Å². The van der Waals surface area contributed by atoms with Gasteiger partial charge >= 0.3 is 0 Å². The average Bonchev–Trinajstić information content (AvgIpc) is 3.57. The van der Waals surface area contributed by atoms with Crippen LogP contribution in [0.3, 0.4) is 0 Å². The summed E-state index contributed by atoms with van der Waals surface area (Å²) in [6, 6.07) is 7.97. The van der Waals surface area contributed by atoms with Crippen molar-refractivity contribution in [2.45, 2.75) is 31.7 Å². The first-order valence-corrected chi connectivity index (χ1v) is 12.6. The lowest BCUT2D eigenvalue weighted by Gasteiger charge is -2.27. The van der Waals surface area contributed by atoms with Crippen molar-refractivity contribution in [3.05, 3.63) is 47.5 Å². The fourth-order valence-electron chi connectivity index (χ4n) is 4.91. The third-order valence-electron chi connectivity index (χ3n) is 6.78. The van der Waals surface area contributed by atoms with Gasteiger partial charge in [-0.05, 0) is 57.0 Å². The normalized spacial score (nSPS) is 18.1. The van der Waals surface area contributed by atoms with Crippen molar-refractivity contribution >= 4 is 39.9 Å². The molecule has 36 heavy (non-hydrogen) atoms. The van der Waals surface area contributed by atoms with Crippen molar-refractivity contribution < 1.29 is 18.7 Å². The molecule has 1 N–H and O–H groups in total. The van der Waals surface area contributed by atoms with Gasteiger partial charge in [0.15, 0.2) is 0 Å². The van der Waals surface area contributed by atoms with E-state index < -0.39 is 5.82 Å². The SMILES string of the molecule is COc1cc(OC[C@@H]2CCCN2C(=O)CN2CCCC2)c2c(Nc3ccc(F)c(Cl)c3)ncnc2c1. The van der Waals surface area contributed by atoms with Crippen LogP contribution in [0.5, 0.6) is 11.5 Å². The molecule has 0 spiro atoms. The van der Waals surface area contributed by atoms with Crippen molar-refractivity contribution in [2.75, 3.05) is 45.2 Å². The molecular weight excluding hydrogens is 485 g/mol. The van der Waals surface area contributed by atoms with Gasteiger partial charge in [-0.2, -0.15) is 0 Å². The summed E-state index contributed by atoms with van der Waals surface area (Å²) in [5, 5.41) is 3.86. The number of amides is 1. The van der Waals surface area contributed by atoms with Gasteiger partial charge in [0.05, 0.1) is 35.6 Å². The second-order valence-corrected chi connectivity index (χ2v) is 9.58. The molecule has 10 heteroatoms. The first-order valence-electron chi connectivity index (χ1n) is 12.2. The highest BCUT2D eigenvalue weighted by molar-refractivity contribution is 6.31. The lowest BCUT2D eigenvalue weighted by Crippen LogP contribution is -2.44. The Morgan fingerprint density at radius 1 is 1.17 bits per heavy atom. The second kappa shape index (κ2) is 10.8. The third-order valence-corrected chi connectivity index (χ3v) is 7.07. The summed E-state index contributed by atoms with van der Waals surface area (Å²) in [5.74, 6) is 1.30. The van der Waals surface area contributed by atoms with Gasteiger partial charge in [-0.3, -0.25) is 9.69 Å². The minimum Gasteiger partial charge on any atom is -0.497 e. The summed E-state index contributed by atoms with van der Waals surface area (Å²) < 4.78 is 25.4. The number of nitrogens with one attached hydrogen (secondary N) is 1. The number of nitrogens with zero attached hydrogens (tertiary/aromatic N) is 4. The molecule has 2 fully saturated rings. The summed E-state index contributed by atoms with van der Waals surface area (Å²) in [4.78, 5) is 26.0. The molecule has 0 unspecified atom stereocenters. The van der Waals surface area contributed by atoms with Gasteiger partial charge in [0.1, 0.15) is 36.1 Å². The lowest BCUT2D eigenvalue weighted by atomic mass is 10.2. The largest absolute Gasteiger partial charge is 0.497 e. The molecule has 190 valence electrons. The number of hydrogen-bond donors (Lipinski definition) is 1. The number of halogens is 2. The number of likely N-dealkylation sites (tertiary alicyclic amines) is 2. The minimum absolute atomic E-state index is 0.00157. The summed E-state index contributed by atoms with van der Waals surface area (Å²) in [6.07, 6.45) is 5.61. The van der Waals surface area contributed by atoms with Crippen LogP contribution in [0.4, 0.5) is 15.9 Å². The maximum absolute atomic E-state index is 13.6. The lowest BCUT2D eigenvalue weighted by molar-refractivity contribution is -0.133. The number of benzene rings is 2. The number of rotatable bonds is 8. The third kappa shape index (κ3) is 5.32. The van der Waals surface area contributed by atoms with E-state index in [0.29, 0.717) is 47.1 Å². The molecule has 2 aliphatic rings. The number of carbonyl (C=O) groups is 1. The number of methoxy groups -OCH3 is 1. The molecule has 2 saturated heterocycles. The van der Waals surface area contributed by atoms with Gasteiger partial charge in [-0.15, -0.1) is 0 Å². The highest BCUT2D eigenvalue weighted by atomic mass is 35.5. The standard InChI is InChI=1S/C26H29ClFN5O3/c1-35-19-12-22-25(26(30-16-29-22)31-17-6-7-21(28)20(27)11-17)23(13-19)36-15-18-5-4-10-33(18)24(34)14-32-8-2-3-9-32/h6-7,11-13,16,18H,2-5,8-10,14-15H2,1H3,(H,29,30,31)/t18-/m0/s1. The predicted octanol–water partition coefficient (Wildman–Crippen LogP) is 4.64. The summed E-state index contributed by atoms with van der Waals surface area (Å²) in [6.45, 7) is 3.56. The van der Waals surface area contributed by atoms with E-state index in [2.05, 4.69) is 20.2 Å². The Balaban J connectivity index is 1.38. The quantitative estimate of drug-likeness (QED) is 0.470. The average molecular weight is 514 g/mol. The van der Waals surface area contributed by atoms with E-state index in [-0.39, 0.29) is 17.0 Å². The number of carbonyl (C=O) groups excluding carboxylic acids is 1. The van der Waals surface area contributed by atoms with E-state index in [1.54, 1.807) is 25.3 Å². The highest BCUT2D eigenvalue weighted by Crippen LogP contribution is 2.36. The number of fused-ring (bicyclic) bond motifs is 1. The van der Waals surface area contributed by atoms with Gasteiger partial charge in [0, 0.05) is 24.4 Å². The Hall–Kier alpha value is -3.17. The van der Waals surface area contributed by atoms with Crippen LogP contribution in [0.2, 0.25) is 5.02 Å². The van der Waals surface area contributed by atoms with E-state index in [4.69, 9.17) is 21.1 Å². The van der Waals surface area contributed by atoms with Gasteiger partial charge in [-0.25, -0.2) is 14.4 Å². The molecule has 8 nitrogen and oxygen atoms in total. The summed E-state index contributed by atoms with van der Waals surface area (Å²) in [5.41, 5.74) is 1.21. The Kier molecular flexibility index (Phi) is 7.38. The Labute approximate surface area is 214 Å². The fourth-order valence-corrected chi connectivity index (χ4v) is 5.09. The minimum atomic E-state index is -0.496. The number of hydrogen-bond acceptors (Lipinski definition) is 7. The first-order chi connectivity index (χ1) is 17.5. The van der Waals surface area contributed by atoms with E-state index >= 15 is 0 Å². The van der Waals surface area contributed by atoms with Crippen LogP contribution in [-0.2, 0) is 4.79 Å². The Morgan fingerprint density at radius 3 is 2.78 bits per heavy atom. The smallest absolute Gasteiger partial charge is 0.237 e. The van der Waals surface area contributed by atoms with Crippen LogP contribution in [0.15, 0.2) is 36.7 Å². The van der Waals surface area contributed by atoms with E-state index in [1.807, 2.05) is 4.90 Å². The second-order valence-electron chi connectivity index (χ2n) is 9.17. The summed E-state index contributed by atoms with van der Waals surface area (Å²) in [7, 11) is 1.58. The molecule has 0 aliphatic carbocycles. The molecule has 0 radical (unpaired) electrons. The van der Waals surface area contributed by atoms with Gasteiger partial charge < -0.3 is 19.7 Å². The molecule has 2 aliphatic heterocycles. The van der Waals surface area contributed by atoms with E-state index in [1.165, 1.54) is 18.5 Å². The zero-order valence-electron chi connectivity index (χ0n) is 20.2. The van der Waals surface area contributed by atoms with Crippen LogP contribution in [-0.4, -0.2) is 71.6 Å². The molecule has 0 bridgehead atoms. The number of anilines is 2. The maximum atomic E-state index is 13.6. The summed E-state index contributed by atoms with van der Waals surface area (Å²) >= 11 is 5.96. The molecule has 0 saturated carbocycles. The van der Waals surface area contributed by atoms with Crippen molar-refractivity contribution in [3.63, 3.8) is 0 Å². The van der Waals surface area contributed by atoms with Crippen LogP contribution in [0, 0.1) is 5.82 Å². The van der Waals surface area contributed by atoms with Gasteiger partial charge in [0.25, 0.3) is 0 Å². The van der Waals surface area contributed by atoms with Crippen molar-refractivity contribution in [1.29, 1.82) is 0 Å². The Morgan fingerprint density at radius 2 is 2.00 bits per heavy atom. The molecular formula is C26H29ClFN5O3. The number of ether oxygens (including phenoxy) is 2. The topological polar surface area (TPSA) is 79.8 Å². The van der Waals surface area contributed by atoms with Crippen LogP contribution in [0.25, 0.3) is 10.9 Å². The van der Waals surface area contributed by atoms with Gasteiger partial charge in [0.2, 0.25) is 5.91 Å². The Bertz CT molecular complexity index is 1250. The number of aromatic nitrogens is 2.